The smallest absolute Gasteiger partial charge is 0.195 e. The second kappa shape index (κ2) is 8.38. The number of aromatic nitrogens is 1. The topological polar surface area (TPSA) is 78.3 Å². The van der Waals surface area contributed by atoms with Gasteiger partial charge < -0.3 is 14.5 Å². The van der Waals surface area contributed by atoms with Crippen LogP contribution < -0.4 is 9.47 Å². The molecule has 1 unspecified atom stereocenters. The predicted molar refractivity (Wildman–Crippen MR) is 139 cm³/mol. The Morgan fingerprint density at radius 2 is 1.94 bits per heavy atom. The lowest BCUT2D eigenvalue weighted by Crippen LogP contribution is -2.39. The molecule has 0 amide bonds. The fourth-order valence-electron chi connectivity index (χ4n) is 6.06. The number of nitriles is 1. The molecule has 1 aliphatic heterocycles. The molecule has 36 heavy (non-hydrogen) atoms. The highest BCUT2D eigenvalue weighted by Crippen LogP contribution is 2.47. The molecule has 186 valence electrons. The van der Waals surface area contributed by atoms with Gasteiger partial charge in [0, 0.05) is 46.7 Å². The van der Waals surface area contributed by atoms with Crippen molar-refractivity contribution in [2.75, 3.05) is 13.1 Å². The summed E-state index contributed by atoms with van der Waals surface area (Å²) in [6.07, 6.45) is 5.01. The van der Waals surface area contributed by atoms with E-state index in [-0.39, 0.29) is 18.0 Å². The molecule has 1 atom stereocenters. The monoisotopic (exact) mass is 483 g/mol. The second-order valence-electron chi connectivity index (χ2n) is 11.3. The highest BCUT2D eigenvalue weighted by Gasteiger charge is 2.41. The zero-order valence-corrected chi connectivity index (χ0v) is 21.5. The minimum absolute atomic E-state index is 0.0209. The second-order valence-corrected chi connectivity index (χ2v) is 11.3. The van der Waals surface area contributed by atoms with Gasteiger partial charge in [-0.15, -0.1) is 0 Å². The van der Waals surface area contributed by atoms with Gasteiger partial charge in [0.25, 0.3) is 0 Å². The summed E-state index contributed by atoms with van der Waals surface area (Å²) in [4.78, 5) is 19.9. The first-order chi connectivity index (χ1) is 17.3. The van der Waals surface area contributed by atoms with E-state index in [1.54, 1.807) is 6.07 Å². The van der Waals surface area contributed by atoms with Crippen molar-refractivity contribution >= 4 is 16.7 Å². The van der Waals surface area contributed by atoms with Crippen molar-refractivity contribution in [3.8, 4) is 17.6 Å². The summed E-state index contributed by atoms with van der Waals surface area (Å²) < 4.78 is 12.8. The quantitative estimate of drug-likeness (QED) is 0.503. The summed E-state index contributed by atoms with van der Waals surface area (Å²) in [5.41, 5.74) is 4.08. The number of hydrogen-bond donors (Lipinski definition) is 1. The molecule has 2 aliphatic carbocycles. The van der Waals surface area contributed by atoms with Crippen LogP contribution in [0.4, 0.5) is 0 Å². The summed E-state index contributed by atoms with van der Waals surface area (Å²) in [5.74, 6) is 1.33. The number of ketones is 1. The predicted octanol–water partition coefficient (Wildman–Crippen LogP) is 5.70. The molecule has 6 nitrogen and oxygen atoms in total. The standard InChI is InChI=1S/C30H33N3O3/c1-17(2)35-25-13-22-23(14-26(25)36-20-10-11-33(16-20)19-6-5-7-19)30(3,4)29-27(28(22)34)21-9-8-18(15-31)12-24(21)32-29/h8-9,12-14,17,19-20,32H,5-7,10-11,16H2,1-4H3. The first kappa shape index (κ1) is 23.1. The van der Waals surface area contributed by atoms with E-state index in [0.29, 0.717) is 28.5 Å². The SMILES string of the molecule is CC(C)Oc1cc2c(cc1OC1CCN(C3CCC3)C1)C(C)(C)c1[nH]c3cc(C#N)ccc3c1C2=O. The van der Waals surface area contributed by atoms with Crippen molar-refractivity contribution in [2.45, 2.75) is 77.0 Å². The van der Waals surface area contributed by atoms with Crippen molar-refractivity contribution in [1.29, 1.82) is 5.26 Å². The number of rotatable bonds is 5. The van der Waals surface area contributed by atoms with Gasteiger partial charge in [-0.05, 0) is 62.9 Å². The fourth-order valence-corrected chi connectivity index (χ4v) is 6.06. The summed E-state index contributed by atoms with van der Waals surface area (Å²) in [7, 11) is 0. The normalized spacial score (nSPS) is 21.2. The molecule has 0 spiro atoms. The van der Waals surface area contributed by atoms with Gasteiger partial charge in [-0.2, -0.15) is 5.26 Å². The van der Waals surface area contributed by atoms with E-state index in [9.17, 15) is 10.1 Å². The van der Waals surface area contributed by atoms with Crippen molar-refractivity contribution in [3.05, 3.63) is 58.3 Å². The maximum absolute atomic E-state index is 13.9. The first-order valence-electron chi connectivity index (χ1n) is 13.1. The maximum atomic E-state index is 13.9. The number of nitrogens with one attached hydrogen (secondary N) is 1. The van der Waals surface area contributed by atoms with E-state index in [4.69, 9.17) is 9.47 Å². The maximum Gasteiger partial charge on any atom is 0.195 e. The number of hydrogen-bond acceptors (Lipinski definition) is 5. The minimum Gasteiger partial charge on any atom is -0.487 e. The first-order valence-corrected chi connectivity index (χ1v) is 13.1. The van der Waals surface area contributed by atoms with Gasteiger partial charge >= 0.3 is 0 Å². The molecule has 6 rings (SSSR count). The van der Waals surface area contributed by atoms with Crippen LogP contribution in [-0.2, 0) is 5.41 Å². The summed E-state index contributed by atoms with van der Waals surface area (Å²) in [6.45, 7) is 10.3. The van der Waals surface area contributed by atoms with Gasteiger partial charge in [-0.3, -0.25) is 9.69 Å². The number of likely N-dealkylation sites (tertiary alicyclic amines) is 1. The minimum atomic E-state index is -0.452. The third-order valence-electron chi connectivity index (χ3n) is 8.21. The molecule has 0 bridgehead atoms. The van der Waals surface area contributed by atoms with Crippen molar-refractivity contribution < 1.29 is 14.3 Å². The van der Waals surface area contributed by atoms with Gasteiger partial charge in [0.05, 0.1) is 23.3 Å². The number of fused-ring (bicyclic) bond motifs is 4. The average molecular weight is 484 g/mol. The van der Waals surface area contributed by atoms with Crippen LogP contribution >= 0.6 is 0 Å². The third-order valence-corrected chi connectivity index (χ3v) is 8.21. The van der Waals surface area contributed by atoms with Crippen LogP contribution in [0.3, 0.4) is 0 Å². The van der Waals surface area contributed by atoms with Gasteiger partial charge in [-0.1, -0.05) is 26.3 Å². The Kier molecular flexibility index (Phi) is 5.38. The molecule has 2 heterocycles. The van der Waals surface area contributed by atoms with E-state index in [1.807, 2.05) is 38.1 Å². The Labute approximate surface area is 212 Å². The number of carbonyl (C=O) groups is 1. The molecule has 2 fully saturated rings. The highest BCUT2D eigenvalue weighted by atomic mass is 16.5. The van der Waals surface area contributed by atoms with Crippen LogP contribution in [0, 0.1) is 11.3 Å². The molecule has 3 aromatic rings. The lowest BCUT2D eigenvalue weighted by Gasteiger charge is -2.35. The van der Waals surface area contributed by atoms with Gasteiger partial charge in [0.2, 0.25) is 0 Å². The Balaban J connectivity index is 1.42. The Morgan fingerprint density at radius 1 is 1.14 bits per heavy atom. The van der Waals surface area contributed by atoms with Crippen molar-refractivity contribution in [1.82, 2.24) is 9.88 Å². The number of aromatic amines is 1. The molecule has 1 saturated carbocycles. The van der Waals surface area contributed by atoms with Gasteiger partial charge in [-0.25, -0.2) is 0 Å². The van der Waals surface area contributed by atoms with Crippen LogP contribution in [0.15, 0.2) is 30.3 Å². The van der Waals surface area contributed by atoms with E-state index in [0.717, 1.165) is 47.4 Å². The summed E-state index contributed by atoms with van der Waals surface area (Å²) in [6, 6.07) is 12.3. The number of ether oxygens (including phenoxy) is 2. The number of benzene rings is 2. The van der Waals surface area contributed by atoms with Crippen LogP contribution in [0.2, 0.25) is 0 Å². The van der Waals surface area contributed by atoms with Crippen molar-refractivity contribution in [3.63, 3.8) is 0 Å². The molecular weight excluding hydrogens is 450 g/mol. The lowest BCUT2D eigenvalue weighted by atomic mass is 9.71. The Bertz CT molecular complexity index is 1410. The largest absolute Gasteiger partial charge is 0.487 e. The van der Waals surface area contributed by atoms with E-state index in [1.165, 1.54) is 19.3 Å². The molecule has 0 radical (unpaired) electrons. The summed E-state index contributed by atoms with van der Waals surface area (Å²) in [5, 5.41) is 10.2. The summed E-state index contributed by atoms with van der Waals surface area (Å²) >= 11 is 0. The number of nitrogens with zero attached hydrogens (tertiary/aromatic N) is 2. The zero-order valence-electron chi connectivity index (χ0n) is 21.5. The molecule has 2 aromatic carbocycles. The highest BCUT2D eigenvalue weighted by molar-refractivity contribution is 6.20. The van der Waals surface area contributed by atoms with Crippen molar-refractivity contribution in [2.24, 2.45) is 0 Å². The van der Waals surface area contributed by atoms with Crippen LogP contribution in [0.25, 0.3) is 10.9 Å². The zero-order chi connectivity index (χ0) is 25.2. The van der Waals surface area contributed by atoms with Crippen LogP contribution in [0.5, 0.6) is 11.5 Å². The van der Waals surface area contributed by atoms with Gasteiger partial charge in [0.1, 0.15) is 6.10 Å². The molecule has 3 aliphatic rings. The Hall–Kier alpha value is -3.30. The van der Waals surface area contributed by atoms with E-state index < -0.39 is 5.41 Å². The number of carbonyl (C=O) groups excluding carboxylic acids is 1. The molecular formula is C30H33N3O3. The third kappa shape index (κ3) is 3.60. The fraction of sp³-hybridized carbons (Fsp3) is 0.467. The van der Waals surface area contributed by atoms with Gasteiger partial charge in [0.15, 0.2) is 17.3 Å². The molecule has 1 saturated heterocycles. The molecule has 1 N–H and O–H groups in total. The number of H-pyrrole nitrogens is 1. The molecule has 1 aromatic heterocycles. The van der Waals surface area contributed by atoms with E-state index >= 15 is 0 Å². The lowest BCUT2D eigenvalue weighted by molar-refractivity contribution is 0.103. The van der Waals surface area contributed by atoms with Crippen LogP contribution in [0.1, 0.15) is 86.1 Å². The Morgan fingerprint density at radius 3 is 2.64 bits per heavy atom. The average Bonchev–Trinajstić information content (AvgIpc) is 3.41. The van der Waals surface area contributed by atoms with Crippen LogP contribution in [-0.4, -0.2) is 47.0 Å². The molecule has 6 heteroatoms. The van der Waals surface area contributed by atoms with E-state index in [2.05, 4.69) is 29.8 Å².